The highest BCUT2D eigenvalue weighted by Gasteiger charge is 2.28. The number of carbonyl (C=O) groups is 2. The number of carbonyl (C=O) groups excluding carboxylic acids is 2. The van der Waals surface area contributed by atoms with Gasteiger partial charge in [0, 0.05) is 16.5 Å². The molecular weight excluding hydrogens is 428 g/mol. The maximum Gasteiger partial charge on any atom is 0.345 e. The average molecular weight is 449 g/mol. The summed E-state index contributed by atoms with van der Waals surface area (Å²) >= 11 is 1.46. The molecule has 8 heteroatoms. The summed E-state index contributed by atoms with van der Waals surface area (Å²) in [7, 11) is 0. The first-order valence-corrected chi connectivity index (χ1v) is 11.3. The summed E-state index contributed by atoms with van der Waals surface area (Å²) in [4.78, 5) is 44.5. The second kappa shape index (κ2) is 7.87. The summed E-state index contributed by atoms with van der Waals surface area (Å²) in [6.45, 7) is 1.74. The maximum atomic E-state index is 13.0. The number of thiophene rings is 1. The van der Waals surface area contributed by atoms with Crippen molar-refractivity contribution < 1.29 is 19.4 Å². The van der Waals surface area contributed by atoms with Crippen molar-refractivity contribution in [1.29, 1.82) is 0 Å². The van der Waals surface area contributed by atoms with Crippen molar-refractivity contribution in [3.8, 4) is 5.75 Å². The van der Waals surface area contributed by atoms with Crippen LogP contribution < -0.4 is 10.9 Å². The van der Waals surface area contributed by atoms with Gasteiger partial charge in [-0.15, -0.1) is 11.3 Å². The molecule has 1 aliphatic rings. The maximum absolute atomic E-state index is 13.0. The minimum absolute atomic E-state index is 0.00385. The summed E-state index contributed by atoms with van der Waals surface area (Å²) in [5.41, 5.74) is 0.792. The van der Waals surface area contributed by atoms with Crippen molar-refractivity contribution in [2.24, 2.45) is 0 Å². The molecule has 0 saturated carbocycles. The molecule has 0 atom stereocenters. The summed E-state index contributed by atoms with van der Waals surface area (Å²) < 4.78 is 6.66. The molecule has 162 valence electrons. The van der Waals surface area contributed by atoms with Gasteiger partial charge in [0.15, 0.2) is 17.2 Å². The highest BCUT2D eigenvalue weighted by atomic mass is 32.1. The van der Waals surface area contributed by atoms with Gasteiger partial charge in [0.05, 0.1) is 17.3 Å². The van der Waals surface area contributed by atoms with Gasteiger partial charge in [0.2, 0.25) is 0 Å². The van der Waals surface area contributed by atoms with Crippen LogP contribution in [0.25, 0.3) is 21.9 Å². The van der Waals surface area contributed by atoms with Crippen LogP contribution in [0.1, 0.15) is 50.9 Å². The highest BCUT2D eigenvalue weighted by molar-refractivity contribution is 7.18. The summed E-state index contributed by atoms with van der Waals surface area (Å²) in [6, 6.07) is 8.64. The topological polar surface area (TPSA) is 98.0 Å². The van der Waals surface area contributed by atoms with E-state index in [-0.39, 0.29) is 28.9 Å². The Morgan fingerprint density at radius 3 is 2.72 bits per heavy atom. The molecule has 1 aliphatic carbocycles. The molecule has 0 fully saturated rings. The monoisotopic (exact) mass is 448 g/mol. The number of aromatic nitrogens is 2. The number of rotatable bonds is 4. The van der Waals surface area contributed by atoms with Gasteiger partial charge in [-0.1, -0.05) is 30.3 Å². The molecule has 0 aliphatic heterocycles. The zero-order chi connectivity index (χ0) is 22.4. The minimum atomic E-state index is -0.790. The van der Waals surface area contributed by atoms with Crippen LogP contribution in [0.2, 0.25) is 0 Å². The SMILES string of the molecule is CCOC(=O)c1c(O)/c(=C\C(=O)c2ccccc2)n2c1nc(=O)c1c3c(sc12)CCCC3. The van der Waals surface area contributed by atoms with Crippen LogP contribution in [-0.4, -0.2) is 32.9 Å². The van der Waals surface area contributed by atoms with E-state index in [0.29, 0.717) is 15.8 Å². The van der Waals surface area contributed by atoms with E-state index in [4.69, 9.17) is 4.74 Å². The summed E-state index contributed by atoms with van der Waals surface area (Å²) in [5.74, 6) is -1.54. The van der Waals surface area contributed by atoms with Gasteiger partial charge >= 0.3 is 5.97 Å². The van der Waals surface area contributed by atoms with Crippen LogP contribution in [0.3, 0.4) is 0 Å². The molecule has 0 bridgehead atoms. The number of Topliss-reactive ketones (excluding diaryl/α,β-unsaturated/α-hetero) is 1. The van der Waals surface area contributed by atoms with E-state index in [2.05, 4.69) is 4.98 Å². The van der Waals surface area contributed by atoms with Crippen LogP contribution in [-0.2, 0) is 17.6 Å². The van der Waals surface area contributed by atoms with E-state index in [1.807, 2.05) is 0 Å². The molecule has 0 spiro atoms. The van der Waals surface area contributed by atoms with Crippen LogP contribution >= 0.6 is 11.3 Å². The van der Waals surface area contributed by atoms with Gasteiger partial charge in [0.1, 0.15) is 10.4 Å². The third kappa shape index (κ3) is 3.10. The number of hydrogen-bond donors (Lipinski definition) is 1. The molecule has 3 aromatic heterocycles. The van der Waals surface area contributed by atoms with Gasteiger partial charge in [-0.2, -0.15) is 4.98 Å². The van der Waals surface area contributed by atoms with Crippen molar-refractivity contribution in [2.45, 2.75) is 32.6 Å². The van der Waals surface area contributed by atoms with Gasteiger partial charge in [0.25, 0.3) is 5.56 Å². The van der Waals surface area contributed by atoms with E-state index < -0.39 is 17.3 Å². The molecule has 1 aromatic carbocycles. The molecule has 1 N–H and O–H groups in total. The van der Waals surface area contributed by atoms with E-state index in [9.17, 15) is 19.5 Å². The first-order valence-electron chi connectivity index (χ1n) is 10.5. The van der Waals surface area contributed by atoms with Crippen LogP contribution in [0, 0.1) is 0 Å². The van der Waals surface area contributed by atoms with E-state index in [0.717, 1.165) is 36.1 Å². The number of aromatic hydroxyl groups is 1. The molecule has 0 radical (unpaired) electrons. The zero-order valence-corrected chi connectivity index (χ0v) is 18.2. The first kappa shape index (κ1) is 20.4. The molecule has 4 aromatic rings. The Labute approximate surface area is 186 Å². The highest BCUT2D eigenvalue weighted by Crippen LogP contribution is 2.35. The van der Waals surface area contributed by atoms with E-state index in [1.165, 1.54) is 17.4 Å². The number of aryl methyl sites for hydroxylation is 2. The van der Waals surface area contributed by atoms with Gasteiger partial charge < -0.3 is 9.84 Å². The van der Waals surface area contributed by atoms with Crippen LogP contribution in [0.4, 0.5) is 0 Å². The number of hydrogen-bond acceptors (Lipinski definition) is 7. The molecule has 7 nitrogen and oxygen atoms in total. The molecule has 5 rings (SSSR count). The fraction of sp³-hybridized carbons (Fsp3) is 0.250. The predicted octanol–water partition coefficient (Wildman–Crippen LogP) is 3.05. The second-order valence-electron chi connectivity index (χ2n) is 7.67. The lowest BCUT2D eigenvalue weighted by molar-refractivity contribution is 0.0525. The lowest BCUT2D eigenvalue weighted by Gasteiger charge is -2.09. The minimum Gasteiger partial charge on any atom is -0.505 e. The molecular formula is C24H20N2O5S. The van der Waals surface area contributed by atoms with E-state index >= 15 is 0 Å². The van der Waals surface area contributed by atoms with Gasteiger partial charge in [-0.05, 0) is 38.2 Å². The predicted molar refractivity (Wildman–Crippen MR) is 122 cm³/mol. The Bertz CT molecular complexity index is 1500. The largest absolute Gasteiger partial charge is 0.505 e. The lowest BCUT2D eigenvalue weighted by atomic mass is 9.97. The number of nitrogens with zero attached hydrogens (tertiary/aromatic N) is 2. The fourth-order valence-electron chi connectivity index (χ4n) is 4.29. The van der Waals surface area contributed by atoms with Crippen molar-refractivity contribution in [1.82, 2.24) is 9.38 Å². The molecule has 3 heterocycles. The van der Waals surface area contributed by atoms with Crippen LogP contribution in [0.15, 0.2) is 35.1 Å². The second-order valence-corrected chi connectivity index (χ2v) is 8.75. The molecule has 32 heavy (non-hydrogen) atoms. The van der Waals surface area contributed by atoms with Crippen molar-refractivity contribution in [3.63, 3.8) is 0 Å². The summed E-state index contributed by atoms with van der Waals surface area (Å²) in [5, 5.41) is 11.6. The Balaban J connectivity index is 1.90. The first-order chi connectivity index (χ1) is 15.5. The third-order valence-corrected chi connectivity index (χ3v) is 7.02. The zero-order valence-electron chi connectivity index (χ0n) is 17.4. The Morgan fingerprint density at radius 2 is 1.97 bits per heavy atom. The number of esters is 1. The third-order valence-electron chi connectivity index (χ3n) is 5.74. The molecule has 0 amide bonds. The lowest BCUT2D eigenvalue weighted by Crippen LogP contribution is -2.17. The van der Waals surface area contributed by atoms with Crippen LogP contribution in [0.5, 0.6) is 5.75 Å². The summed E-state index contributed by atoms with van der Waals surface area (Å²) in [6.07, 6.45) is 4.98. The fourth-order valence-corrected chi connectivity index (χ4v) is 5.69. The van der Waals surface area contributed by atoms with E-state index in [1.54, 1.807) is 41.7 Å². The van der Waals surface area contributed by atoms with Gasteiger partial charge in [-0.3, -0.25) is 14.0 Å². The van der Waals surface area contributed by atoms with Crippen molar-refractivity contribution in [3.05, 3.63) is 67.6 Å². The van der Waals surface area contributed by atoms with Crippen molar-refractivity contribution >= 4 is 45.0 Å². The number of benzene rings is 1. The Kier molecular flexibility index (Phi) is 5.01. The smallest absolute Gasteiger partial charge is 0.345 e. The average Bonchev–Trinajstić information content (AvgIpc) is 3.30. The number of ether oxygens (including phenoxy) is 1. The normalized spacial score (nSPS) is 14.1. The number of fused-ring (bicyclic) bond motifs is 5. The Morgan fingerprint density at radius 1 is 1.22 bits per heavy atom. The van der Waals surface area contributed by atoms with Crippen molar-refractivity contribution in [2.75, 3.05) is 6.61 Å². The Hall–Kier alpha value is -3.52. The molecule has 0 saturated heterocycles. The standard InChI is InChI=1S/C24H20N2O5S/c1-2-31-24(30)19-20(28)15(12-16(27)13-8-4-3-5-9-13)26-21(19)25-22(29)18-14-10-6-7-11-17(14)32-23(18)26/h3-5,8-9,12,28H,2,6-7,10-11H2,1H3/b15-12+. The molecule has 0 unspecified atom stereocenters. The quantitative estimate of drug-likeness (QED) is 0.381. The van der Waals surface area contributed by atoms with Gasteiger partial charge in [-0.25, -0.2) is 4.79 Å². The number of ketones is 1.